The average molecular weight is 460 g/mol. The van der Waals surface area contributed by atoms with Gasteiger partial charge in [0, 0.05) is 17.7 Å². The first-order valence-corrected chi connectivity index (χ1v) is 10.7. The highest BCUT2D eigenvalue weighted by Gasteiger charge is 2.42. The fraction of sp³-hybridized carbons (Fsp3) is 0.231. The monoisotopic (exact) mass is 459 g/mol. The lowest BCUT2D eigenvalue weighted by Gasteiger charge is -2.35. The zero-order chi connectivity index (χ0) is 24.8. The normalized spacial score (nSPS) is 15.6. The van der Waals surface area contributed by atoms with Crippen LogP contribution in [0.4, 0.5) is 5.69 Å². The molecule has 0 spiro atoms. The number of carbonyl (C=O) groups excluding carboxylic acids is 3. The van der Waals surface area contributed by atoms with E-state index in [0.717, 1.165) is 0 Å². The molecule has 8 nitrogen and oxygen atoms in total. The molecule has 2 aromatic rings. The topological polar surface area (TPSA) is 123 Å². The Labute approximate surface area is 197 Å². The van der Waals surface area contributed by atoms with Gasteiger partial charge < -0.3 is 15.2 Å². The van der Waals surface area contributed by atoms with Gasteiger partial charge in [-0.3, -0.25) is 9.69 Å². The quantitative estimate of drug-likeness (QED) is 0.492. The number of allylic oxidation sites excluding steroid dienone is 1. The summed E-state index contributed by atoms with van der Waals surface area (Å²) in [6.07, 6.45) is 1.12. The number of esters is 2. The summed E-state index contributed by atoms with van der Waals surface area (Å²) in [6.45, 7) is 1.92. The molecule has 0 bridgehead atoms. The summed E-state index contributed by atoms with van der Waals surface area (Å²) in [5, 5.41) is 10.0. The van der Waals surface area contributed by atoms with Crippen LogP contribution >= 0.6 is 0 Å². The van der Waals surface area contributed by atoms with E-state index in [-0.39, 0.29) is 28.4 Å². The summed E-state index contributed by atoms with van der Waals surface area (Å²) in [5.41, 5.74) is 7.76. The maximum absolute atomic E-state index is 13.0. The molecular weight excluding hydrogens is 434 g/mol. The van der Waals surface area contributed by atoms with Crippen molar-refractivity contribution in [1.29, 1.82) is 5.26 Å². The molecule has 0 fully saturated rings. The van der Waals surface area contributed by atoms with E-state index < -0.39 is 17.9 Å². The lowest BCUT2D eigenvalue weighted by atomic mass is 9.81. The fourth-order valence-electron chi connectivity index (χ4n) is 3.95. The minimum atomic E-state index is -0.936. The third-order valence-electron chi connectivity index (χ3n) is 5.53. The highest BCUT2D eigenvalue weighted by Crippen LogP contribution is 2.43. The number of Topliss-reactive ketones (excluding diaryl/α,β-unsaturated/α-hetero) is 1. The van der Waals surface area contributed by atoms with E-state index in [2.05, 4.69) is 6.07 Å². The molecule has 2 aromatic carbocycles. The summed E-state index contributed by atoms with van der Waals surface area (Å²) < 4.78 is 10.0. The van der Waals surface area contributed by atoms with Crippen molar-refractivity contribution >= 4 is 23.4 Å². The van der Waals surface area contributed by atoms with Gasteiger partial charge in [-0.15, -0.1) is 0 Å². The molecule has 0 aromatic heterocycles. The van der Waals surface area contributed by atoms with Crippen LogP contribution in [-0.2, 0) is 19.1 Å². The van der Waals surface area contributed by atoms with Gasteiger partial charge in [-0.05, 0) is 36.2 Å². The molecule has 1 aliphatic heterocycles. The second-order valence-corrected chi connectivity index (χ2v) is 7.56. The molecule has 0 radical (unpaired) electrons. The number of ether oxygens (including phenoxy) is 2. The third-order valence-corrected chi connectivity index (χ3v) is 5.53. The number of rotatable bonds is 7. The Morgan fingerprint density at radius 3 is 2.15 bits per heavy atom. The first-order chi connectivity index (χ1) is 16.4. The van der Waals surface area contributed by atoms with Gasteiger partial charge in [0.1, 0.15) is 11.5 Å². The van der Waals surface area contributed by atoms with Crippen LogP contribution in [0.5, 0.6) is 0 Å². The summed E-state index contributed by atoms with van der Waals surface area (Å²) in [6, 6.07) is 17.3. The second-order valence-electron chi connectivity index (χ2n) is 7.56. The van der Waals surface area contributed by atoms with Crippen LogP contribution in [0.2, 0.25) is 0 Å². The largest absolute Gasteiger partial charge is 0.466 e. The van der Waals surface area contributed by atoms with Gasteiger partial charge in [-0.2, -0.15) is 5.26 Å². The van der Waals surface area contributed by atoms with Gasteiger partial charge in [-0.25, -0.2) is 9.59 Å². The SMILES string of the molecule is CCCC(=O)c1ccc(N2C(N)=C(C#N)C(c3ccccc3)C(C(=O)OC)=C2C(=O)OC)cc1. The molecule has 1 unspecified atom stereocenters. The highest BCUT2D eigenvalue weighted by molar-refractivity contribution is 6.06. The molecule has 0 aliphatic carbocycles. The van der Waals surface area contributed by atoms with E-state index in [1.54, 1.807) is 54.6 Å². The molecule has 2 N–H and O–H groups in total. The molecular formula is C26H25N3O5. The molecule has 34 heavy (non-hydrogen) atoms. The number of nitrogens with zero attached hydrogens (tertiary/aromatic N) is 2. The van der Waals surface area contributed by atoms with E-state index in [1.165, 1.54) is 19.1 Å². The van der Waals surface area contributed by atoms with Gasteiger partial charge in [0.15, 0.2) is 5.78 Å². The molecule has 174 valence electrons. The molecule has 1 heterocycles. The zero-order valence-electron chi connectivity index (χ0n) is 19.2. The molecule has 0 saturated carbocycles. The van der Waals surface area contributed by atoms with Gasteiger partial charge in [-0.1, -0.05) is 37.3 Å². The van der Waals surface area contributed by atoms with Crippen LogP contribution in [0.1, 0.15) is 41.6 Å². The van der Waals surface area contributed by atoms with Crippen molar-refractivity contribution in [3.05, 3.63) is 88.4 Å². The van der Waals surface area contributed by atoms with Crippen molar-refractivity contribution in [2.45, 2.75) is 25.7 Å². The Kier molecular flexibility index (Phi) is 7.49. The Balaban J connectivity index is 2.29. The van der Waals surface area contributed by atoms with E-state index >= 15 is 0 Å². The van der Waals surface area contributed by atoms with Crippen LogP contribution in [-0.4, -0.2) is 31.9 Å². The van der Waals surface area contributed by atoms with Crippen LogP contribution in [0, 0.1) is 11.3 Å². The van der Waals surface area contributed by atoms with Gasteiger partial charge in [0.2, 0.25) is 0 Å². The van der Waals surface area contributed by atoms with E-state index in [9.17, 15) is 19.6 Å². The summed E-state index contributed by atoms with van der Waals surface area (Å²) in [7, 11) is 2.38. The number of benzene rings is 2. The molecule has 1 aliphatic rings. The van der Waals surface area contributed by atoms with Crippen LogP contribution in [0.25, 0.3) is 0 Å². The molecule has 0 amide bonds. The molecule has 1 atom stereocenters. The summed E-state index contributed by atoms with van der Waals surface area (Å²) >= 11 is 0. The summed E-state index contributed by atoms with van der Waals surface area (Å²) in [4.78, 5) is 39.6. The number of nitrogens with two attached hydrogens (primary N) is 1. The fourth-order valence-corrected chi connectivity index (χ4v) is 3.95. The van der Waals surface area contributed by atoms with Crippen molar-refractivity contribution in [3.63, 3.8) is 0 Å². The number of hydrogen-bond acceptors (Lipinski definition) is 8. The van der Waals surface area contributed by atoms with E-state index in [1.807, 2.05) is 6.92 Å². The Bertz CT molecular complexity index is 1210. The predicted molar refractivity (Wildman–Crippen MR) is 125 cm³/mol. The van der Waals surface area contributed by atoms with Crippen molar-refractivity contribution in [2.24, 2.45) is 5.73 Å². The number of methoxy groups -OCH3 is 2. The second kappa shape index (κ2) is 10.5. The Morgan fingerprint density at radius 1 is 1.00 bits per heavy atom. The first-order valence-electron chi connectivity index (χ1n) is 10.7. The number of nitriles is 1. The Hall–Kier alpha value is -4.38. The highest BCUT2D eigenvalue weighted by atomic mass is 16.5. The number of carbonyl (C=O) groups is 3. The smallest absolute Gasteiger partial charge is 0.355 e. The average Bonchev–Trinajstić information content (AvgIpc) is 2.87. The maximum atomic E-state index is 13.0. The predicted octanol–water partition coefficient (Wildman–Crippen LogP) is 3.57. The van der Waals surface area contributed by atoms with Crippen molar-refractivity contribution < 1.29 is 23.9 Å². The Morgan fingerprint density at radius 2 is 1.62 bits per heavy atom. The number of hydrogen-bond donors (Lipinski definition) is 1. The first kappa shape index (κ1) is 24.3. The lowest BCUT2D eigenvalue weighted by Crippen LogP contribution is -2.40. The molecule has 0 saturated heterocycles. The standard InChI is InChI=1S/C26H25N3O5/c1-4-8-20(30)16-11-13-18(14-12-16)29-23(26(32)34-3)22(25(31)33-2)21(19(15-27)24(29)28)17-9-6-5-7-10-17/h5-7,9-14,21H,4,8,28H2,1-3H3. The lowest BCUT2D eigenvalue weighted by molar-refractivity contribution is -0.139. The third kappa shape index (κ3) is 4.41. The number of ketones is 1. The molecule has 8 heteroatoms. The number of anilines is 1. The van der Waals surface area contributed by atoms with Gasteiger partial charge in [0.25, 0.3) is 0 Å². The van der Waals surface area contributed by atoms with Crippen molar-refractivity contribution in [1.82, 2.24) is 0 Å². The maximum Gasteiger partial charge on any atom is 0.355 e. The van der Waals surface area contributed by atoms with Crippen LogP contribution < -0.4 is 10.6 Å². The summed E-state index contributed by atoms with van der Waals surface area (Å²) in [5.74, 6) is -2.61. The van der Waals surface area contributed by atoms with Crippen LogP contribution in [0.15, 0.2) is 77.3 Å². The van der Waals surface area contributed by atoms with Gasteiger partial charge >= 0.3 is 11.9 Å². The minimum Gasteiger partial charge on any atom is -0.466 e. The minimum absolute atomic E-state index is 0.0166. The van der Waals surface area contributed by atoms with Gasteiger partial charge in [0.05, 0.1) is 37.4 Å². The molecule has 3 rings (SSSR count). The van der Waals surface area contributed by atoms with Crippen molar-refractivity contribution in [2.75, 3.05) is 19.1 Å². The van der Waals surface area contributed by atoms with E-state index in [0.29, 0.717) is 29.7 Å². The van der Waals surface area contributed by atoms with Crippen molar-refractivity contribution in [3.8, 4) is 6.07 Å². The van der Waals surface area contributed by atoms with E-state index in [4.69, 9.17) is 15.2 Å². The zero-order valence-corrected chi connectivity index (χ0v) is 19.2. The van der Waals surface area contributed by atoms with Crippen LogP contribution in [0.3, 0.4) is 0 Å².